The number of aliphatic carboxylic acids is 1. The molecule has 4 nitrogen and oxygen atoms in total. The summed E-state index contributed by atoms with van der Waals surface area (Å²) in [5.74, 6) is -0.305. The van der Waals surface area contributed by atoms with Crippen molar-refractivity contribution in [3.63, 3.8) is 0 Å². The molecule has 0 aliphatic rings. The molecule has 0 atom stereocenters. The average molecular weight is 255 g/mol. The third kappa shape index (κ3) is 3.19. The lowest BCUT2D eigenvalue weighted by molar-refractivity contribution is -0.130. The van der Waals surface area contributed by atoms with Gasteiger partial charge in [0, 0.05) is 18.0 Å². The molecule has 4 heteroatoms. The standard InChI is InChI=1S/C15H13NO3/c1-19-13-6-2-4-11(8-13)9-14(15(17)18)12-5-3-7-16-10-12/h2-10H,1H3,(H,17,18)/b14-9+. The summed E-state index contributed by atoms with van der Waals surface area (Å²) in [5, 5.41) is 9.29. The number of hydrogen-bond donors (Lipinski definition) is 1. The summed E-state index contributed by atoms with van der Waals surface area (Å²) in [6, 6.07) is 10.6. The fourth-order valence-electron chi connectivity index (χ4n) is 1.69. The van der Waals surface area contributed by atoms with E-state index in [9.17, 15) is 9.90 Å². The van der Waals surface area contributed by atoms with E-state index in [2.05, 4.69) is 4.98 Å². The van der Waals surface area contributed by atoms with Gasteiger partial charge in [-0.25, -0.2) is 4.79 Å². The van der Waals surface area contributed by atoms with E-state index in [1.807, 2.05) is 18.2 Å². The SMILES string of the molecule is COc1cccc(/C=C(/C(=O)O)c2cccnc2)c1. The second-order valence-electron chi connectivity index (χ2n) is 3.88. The van der Waals surface area contributed by atoms with Crippen molar-refractivity contribution in [3.05, 3.63) is 59.9 Å². The third-order valence-corrected chi connectivity index (χ3v) is 2.61. The lowest BCUT2D eigenvalue weighted by atomic mass is 10.0. The summed E-state index contributed by atoms with van der Waals surface area (Å²) in [6.07, 6.45) is 4.73. The summed E-state index contributed by atoms with van der Waals surface area (Å²) in [5.41, 5.74) is 1.53. The summed E-state index contributed by atoms with van der Waals surface area (Å²) in [7, 11) is 1.57. The number of ether oxygens (including phenoxy) is 1. The highest BCUT2D eigenvalue weighted by atomic mass is 16.5. The van der Waals surface area contributed by atoms with E-state index in [1.165, 1.54) is 6.20 Å². The molecule has 0 aliphatic heterocycles. The molecule has 1 aromatic carbocycles. The second kappa shape index (κ2) is 5.82. The fraction of sp³-hybridized carbons (Fsp3) is 0.0667. The Bertz CT molecular complexity index is 606. The van der Waals surface area contributed by atoms with Crippen LogP contribution in [0.1, 0.15) is 11.1 Å². The molecule has 0 aliphatic carbocycles. The zero-order valence-corrected chi connectivity index (χ0v) is 10.4. The van der Waals surface area contributed by atoms with Gasteiger partial charge in [-0.05, 0) is 29.8 Å². The Morgan fingerprint density at radius 3 is 2.79 bits per heavy atom. The van der Waals surface area contributed by atoms with Gasteiger partial charge in [0.2, 0.25) is 0 Å². The Morgan fingerprint density at radius 2 is 2.16 bits per heavy atom. The van der Waals surface area contributed by atoms with E-state index in [0.717, 1.165) is 5.56 Å². The molecule has 0 saturated heterocycles. The van der Waals surface area contributed by atoms with Crippen molar-refractivity contribution in [1.82, 2.24) is 4.98 Å². The molecule has 2 rings (SSSR count). The van der Waals surface area contributed by atoms with Gasteiger partial charge in [-0.15, -0.1) is 0 Å². The van der Waals surface area contributed by atoms with Crippen molar-refractivity contribution in [2.24, 2.45) is 0 Å². The summed E-state index contributed by atoms with van der Waals surface area (Å²) in [6.45, 7) is 0. The predicted octanol–water partition coefficient (Wildman–Crippen LogP) is 2.72. The molecule has 1 aromatic heterocycles. The van der Waals surface area contributed by atoms with Crippen molar-refractivity contribution < 1.29 is 14.6 Å². The number of hydrogen-bond acceptors (Lipinski definition) is 3. The van der Waals surface area contributed by atoms with E-state index in [0.29, 0.717) is 11.3 Å². The number of carboxylic acid groups (broad SMARTS) is 1. The minimum atomic E-state index is -0.990. The molecule has 0 radical (unpaired) electrons. The highest BCUT2D eigenvalue weighted by molar-refractivity contribution is 6.20. The van der Waals surface area contributed by atoms with Crippen LogP contribution < -0.4 is 4.74 Å². The number of nitrogens with zero attached hydrogens (tertiary/aromatic N) is 1. The normalized spacial score (nSPS) is 11.1. The number of rotatable bonds is 4. The number of methoxy groups -OCH3 is 1. The van der Waals surface area contributed by atoms with Gasteiger partial charge < -0.3 is 9.84 Å². The first-order valence-electron chi connectivity index (χ1n) is 5.70. The molecule has 0 saturated carbocycles. The molecule has 0 unspecified atom stereocenters. The molecule has 2 aromatic rings. The lowest BCUT2D eigenvalue weighted by Gasteiger charge is -2.04. The quantitative estimate of drug-likeness (QED) is 0.853. The Balaban J connectivity index is 2.44. The monoisotopic (exact) mass is 255 g/mol. The molecule has 0 fully saturated rings. The van der Waals surface area contributed by atoms with Gasteiger partial charge in [-0.3, -0.25) is 4.98 Å². The molecule has 96 valence electrons. The Kier molecular flexibility index (Phi) is 3.93. The van der Waals surface area contributed by atoms with Gasteiger partial charge in [-0.1, -0.05) is 18.2 Å². The van der Waals surface area contributed by atoms with Crippen LogP contribution in [0.15, 0.2) is 48.8 Å². The van der Waals surface area contributed by atoms with Gasteiger partial charge >= 0.3 is 5.97 Å². The molecular weight excluding hydrogens is 242 g/mol. The minimum absolute atomic E-state index is 0.196. The number of carboxylic acids is 1. The minimum Gasteiger partial charge on any atom is -0.497 e. The lowest BCUT2D eigenvalue weighted by Crippen LogP contribution is -2.00. The molecular formula is C15H13NO3. The van der Waals surface area contributed by atoms with Crippen LogP contribution in [0, 0.1) is 0 Å². The third-order valence-electron chi connectivity index (χ3n) is 2.61. The zero-order valence-electron chi connectivity index (χ0n) is 10.4. The first-order chi connectivity index (χ1) is 9.20. The van der Waals surface area contributed by atoms with Crippen molar-refractivity contribution in [2.75, 3.05) is 7.11 Å². The Labute approximate surface area is 111 Å². The number of aromatic nitrogens is 1. The van der Waals surface area contributed by atoms with Crippen LogP contribution in [0.5, 0.6) is 5.75 Å². The topological polar surface area (TPSA) is 59.4 Å². The van der Waals surface area contributed by atoms with Gasteiger partial charge in [0.25, 0.3) is 0 Å². The first kappa shape index (κ1) is 12.8. The van der Waals surface area contributed by atoms with Crippen molar-refractivity contribution in [3.8, 4) is 5.75 Å². The highest BCUT2D eigenvalue weighted by Gasteiger charge is 2.10. The summed E-state index contributed by atoms with van der Waals surface area (Å²) in [4.78, 5) is 15.3. The van der Waals surface area contributed by atoms with Crippen LogP contribution in [0.3, 0.4) is 0 Å². The number of carbonyl (C=O) groups is 1. The van der Waals surface area contributed by atoms with E-state index in [4.69, 9.17) is 4.74 Å². The molecule has 0 amide bonds. The molecule has 19 heavy (non-hydrogen) atoms. The second-order valence-corrected chi connectivity index (χ2v) is 3.88. The van der Waals surface area contributed by atoms with Crippen LogP contribution in [-0.2, 0) is 4.79 Å². The van der Waals surface area contributed by atoms with E-state index in [1.54, 1.807) is 37.6 Å². The van der Waals surface area contributed by atoms with Gasteiger partial charge in [0.05, 0.1) is 12.7 Å². The molecule has 1 N–H and O–H groups in total. The summed E-state index contributed by atoms with van der Waals surface area (Å²) >= 11 is 0. The molecule has 0 bridgehead atoms. The Hall–Kier alpha value is -2.62. The average Bonchev–Trinajstić information content (AvgIpc) is 2.45. The van der Waals surface area contributed by atoms with Crippen molar-refractivity contribution >= 4 is 17.6 Å². The highest BCUT2D eigenvalue weighted by Crippen LogP contribution is 2.20. The zero-order chi connectivity index (χ0) is 13.7. The van der Waals surface area contributed by atoms with Crippen LogP contribution in [-0.4, -0.2) is 23.2 Å². The van der Waals surface area contributed by atoms with Crippen molar-refractivity contribution in [1.29, 1.82) is 0 Å². The van der Waals surface area contributed by atoms with Crippen molar-refractivity contribution in [2.45, 2.75) is 0 Å². The smallest absolute Gasteiger partial charge is 0.336 e. The maximum atomic E-state index is 11.3. The summed E-state index contributed by atoms with van der Waals surface area (Å²) < 4.78 is 5.11. The van der Waals surface area contributed by atoms with Gasteiger partial charge in [0.1, 0.15) is 5.75 Å². The van der Waals surface area contributed by atoms with Gasteiger partial charge in [-0.2, -0.15) is 0 Å². The molecule has 0 spiro atoms. The van der Waals surface area contributed by atoms with Crippen LogP contribution in [0.25, 0.3) is 11.6 Å². The molecule has 1 heterocycles. The van der Waals surface area contributed by atoms with Gasteiger partial charge in [0.15, 0.2) is 0 Å². The number of benzene rings is 1. The van der Waals surface area contributed by atoms with Crippen LogP contribution in [0.4, 0.5) is 0 Å². The van der Waals surface area contributed by atoms with Crippen LogP contribution >= 0.6 is 0 Å². The van der Waals surface area contributed by atoms with Crippen LogP contribution in [0.2, 0.25) is 0 Å². The maximum Gasteiger partial charge on any atom is 0.336 e. The fourth-order valence-corrected chi connectivity index (χ4v) is 1.69. The largest absolute Gasteiger partial charge is 0.497 e. The van der Waals surface area contributed by atoms with E-state index in [-0.39, 0.29) is 5.57 Å². The van der Waals surface area contributed by atoms with E-state index < -0.39 is 5.97 Å². The first-order valence-corrected chi connectivity index (χ1v) is 5.70. The van der Waals surface area contributed by atoms with E-state index >= 15 is 0 Å². The predicted molar refractivity (Wildman–Crippen MR) is 72.7 cm³/mol. The maximum absolute atomic E-state index is 11.3. The number of pyridine rings is 1. The Morgan fingerprint density at radius 1 is 1.32 bits per heavy atom.